The Bertz CT molecular complexity index is 2280. The molecule has 8 N–H and O–H groups in total. The van der Waals surface area contributed by atoms with Crippen LogP contribution in [-0.4, -0.2) is 114 Å². The molecular formula is C46H74N9O15P. The van der Waals surface area contributed by atoms with E-state index in [0.717, 1.165) is 26.9 Å². The average molecular weight is 1020 g/mol. The van der Waals surface area contributed by atoms with Crippen molar-refractivity contribution < 1.29 is 70.9 Å². The number of rotatable bonds is 10. The summed E-state index contributed by atoms with van der Waals surface area (Å²) in [6.07, 6.45) is 4.85. The van der Waals surface area contributed by atoms with Crippen LogP contribution in [0.15, 0.2) is 60.7 Å². The quantitative estimate of drug-likeness (QED) is 0.0389. The highest BCUT2D eigenvalue weighted by Crippen LogP contribution is 2.50. The zero-order valence-electron chi connectivity index (χ0n) is 40.3. The molecule has 0 aromatic carbocycles. The second kappa shape index (κ2) is 31.1. The fraction of sp³-hybridized carbons (Fsp3) is 0.478. The third-order valence-electron chi connectivity index (χ3n) is 7.68. The standard InChI is InChI=1S/C14H19N3O4.C13H17N3O3.C10H20NO7P.C6H6N2O.3CH4/c1-14(2,3)21-13(19)17-10(12(18)20-4)8-9-6-5-7-16-11(9)15;1-13(2,3)19-12(18)15-9-7-8-5-4-6-14-10(8)16-11(9)17;1-10(2,3)18-9(13)11-7(8(12)15-4)19(14,16-5)17-6;7-6-5(4-9)2-1-3-8-6;;;/h5-8H,1-4H3,(H2,15,16)(H,17,19);4-6,9H,7H2,1-3H3,(H,15,18)(H,14,16,17);7H,1-6H3,(H,11,13);1-4H,(H2,7,8);3*1H4/b10-8-;;;;;;. The number of esters is 2. The summed E-state index contributed by atoms with van der Waals surface area (Å²) in [7, 11) is 0.612. The Morgan fingerprint density at radius 3 is 1.62 bits per heavy atom. The highest BCUT2D eigenvalue weighted by atomic mass is 31.2. The average Bonchev–Trinajstić information content (AvgIpc) is 3.24. The summed E-state index contributed by atoms with van der Waals surface area (Å²) in [5.74, 6) is -2.49. The molecular weight excluding hydrogens is 950 g/mol. The molecule has 4 rings (SSSR count). The molecule has 0 aliphatic carbocycles. The summed E-state index contributed by atoms with van der Waals surface area (Å²) in [5, 5.41) is 9.68. The molecule has 0 fully saturated rings. The minimum Gasteiger partial charge on any atom is -0.467 e. The number of hydrogen-bond acceptors (Lipinski definition) is 20. The number of nitrogen functional groups attached to an aromatic ring is 2. The van der Waals surface area contributed by atoms with Crippen molar-refractivity contribution in [2.45, 2.75) is 120 Å². The van der Waals surface area contributed by atoms with Crippen LogP contribution >= 0.6 is 7.60 Å². The van der Waals surface area contributed by atoms with Gasteiger partial charge in [-0.1, -0.05) is 28.3 Å². The van der Waals surface area contributed by atoms with Crippen molar-refractivity contribution >= 4 is 73.5 Å². The number of alkyl carbamates (subject to hydrolysis) is 3. The van der Waals surface area contributed by atoms with Crippen molar-refractivity contribution in [3.05, 3.63) is 77.4 Å². The zero-order chi connectivity index (χ0) is 52.0. The molecule has 0 spiro atoms. The Morgan fingerprint density at radius 1 is 0.718 bits per heavy atom. The number of pyridine rings is 3. The number of carbonyl (C=O) groups excluding carboxylic acids is 7. The zero-order valence-corrected chi connectivity index (χ0v) is 41.2. The van der Waals surface area contributed by atoms with E-state index in [0.29, 0.717) is 29.7 Å². The third-order valence-corrected chi connectivity index (χ3v) is 9.67. The summed E-state index contributed by atoms with van der Waals surface area (Å²) in [6.45, 7) is 15.4. The van der Waals surface area contributed by atoms with E-state index >= 15 is 0 Å². The fourth-order valence-corrected chi connectivity index (χ4v) is 5.99. The summed E-state index contributed by atoms with van der Waals surface area (Å²) in [6, 6.07) is 9.63. The lowest BCUT2D eigenvalue weighted by atomic mass is 10.0. The van der Waals surface area contributed by atoms with Crippen molar-refractivity contribution in [2.24, 2.45) is 0 Å². The lowest BCUT2D eigenvalue weighted by Gasteiger charge is -2.26. The van der Waals surface area contributed by atoms with Gasteiger partial charge in [-0.25, -0.2) is 38.9 Å². The largest absolute Gasteiger partial charge is 0.467 e. The number of nitrogens with two attached hydrogens (primary N) is 2. The van der Waals surface area contributed by atoms with Crippen LogP contribution in [0.4, 0.5) is 31.8 Å². The second-order valence-electron chi connectivity index (χ2n) is 16.6. The van der Waals surface area contributed by atoms with Crippen LogP contribution in [0.5, 0.6) is 0 Å². The van der Waals surface area contributed by atoms with Crippen LogP contribution in [0.3, 0.4) is 0 Å². The van der Waals surface area contributed by atoms with E-state index in [1.165, 1.54) is 19.4 Å². The number of carbonyl (C=O) groups is 7. The molecule has 0 radical (unpaired) electrons. The number of nitrogens with zero attached hydrogens (tertiary/aromatic N) is 3. The van der Waals surface area contributed by atoms with E-state index in [1.54, 1.807) is 105 Å². The van der Waals surface area contributed by atoms with E-state index in [4.69, 9.17) is 25.7 Å². The van der Waals surface area contributed by atoms with Gasteiger partial charge in [0.05, 0.1) is 19.8 Å². The van der Waals surface area contributed by atoms with Gasteiger partial charge in [0, 0.05) is 44.8 Å². The number of fused-ring (bicyclic) bond motifs is 1. The molecule has 71 heavy (non-hydrogen) atoms. The predicted molar refractivity (Wildman–Crippen MR) is 269 cm³/mol. The van der Waals surface area contributed by atoms with Gasteiger partial charge in [0.2, 0.25) is 11.7 Å². The Morgan fingerprint density at radius 2 is 1.18 bits per heavy atom. The number of hydrogen-bond donors (Lipinski definition) is 6. The molecule has 1 aliphatic rings. The van der Waals surface area contributed by atoms with Gasteiger partial charge in [-0.2, -0.15) is 0 Å². The van der Waals surface area contributed by atoms with Gasteiger partial charge in [0.25, 0.3) is 0 Å². The van der Waals surface area contributed by atoms with Crippen molar-refractivity contribution in [3.63, 3.8) is 0 Å². The fourth-order valence-electron chi connectivity index (χ4n) is 4.79. The van der Waals surface area contributed by atoms with Gasteiger partial charge >= 0.3 is 37.8 Å². The molecule has 4 heterocycles. The summed E-state index contributed by atoms with van der Waals surface area (Å²) in [5.41, 5.74) is 10.7. The van der Waals surface area contributed by atoms with Gasteiger partial charge in [0.15, 0.2) is 6.29 Å². The molecule has 398 valence electrons. The lowest BCUT2D eigenvalue weighted by molar-refractivity contribution is -0.141. The highest BCUT2D eigenvalue weighted by Gasteiger charge is 2.43. The van der Waals surface area contributed by atoms with Crippen molar-refractivity contribution in [1.82, 2.24) is 30.9 Å². The topological polar surface area (TPSA) is 340 Å². The SMILES string of the molecule is C.C.C.CC(C)(C)OC(=O)NC1Cc2cccnc2NC1=O.COC(=O)/C(=C/c1cccnc1N)NC(=O)OC(C)(C)C.COC(=O)C(NC(=O)OC(C)(C)C)P(=O)(OC)OC.Nc1ncccc1C=O. The molecule has 3 aromatic rings. The Labute approximate surface area is 416 Å². The maximum Gasteiger partial charge on any atom is 0.412 e. The first kappa shape index (κ1) is 68.1. The van der Waals surface area contributed by atoms with Crippen LogP contribution < -0.4 is 32.7 Å². The van der Waals surface area contributed by atoms with Crippen LogP contribution in [0.25, 0.3) is 6.08 Å². The first-order valence-electron chi connectivity index (χ1n) is 20.2. The number of aldehydes is 1. The minimum absolute atomic E-state index is 0. The van der Waals surface area contributed by atoms with E-state index in [1.807, 2.05) is 6.07 Å². The maximum absolute atomic E-state index is 12.1. The monoisotopic (exact) mass is 1020 g/mol. The van der Waals surface area contributed by atoms with Gasteiger partial charge in [0.1, 0.15) is 46.0 Å². The molecule has 4 amide bonds. The molecule has 25 heteroatoms. The minimum atomic E-state index is -3.87. The number of methoxy groups -OCH3 is 2. The van der Waals surface area contributed by atoms with Crippen LogP contribution in [0, 0.1) is 0 Å². The van der Waals surface area contributed by atoms with Gasteiger partial charge in [-0.15, -0.1) is 0 Å². The normalized spacial score (nSPS) is 13.1. The Hall–Kier alpha value is -7.17. The van der Waals surface area contributed by atoms with Crippen molar-refractivity contribution in [1.29, 1.82) is 0 Å². The van der Waals surface area contributed by atoms with Gasteiger partial charge in [-0.3, -0.25) is 24.8 Å². The van der Waals surface area contributed by atoms with Gasteiger partial charge < -0.3 is 54.8 Å². The molecule has 0 bridgehead atoms. The molecule has 1 aliphatic heterocycles. The van der Waals surface area contributed by atoms with Crippen LogP contribution in [0.1, 0.15) is 106 Å². The molecule has 3 aromatic heterocycles. The molecule has 2 atom stereocenters. The van der Waals surface area contributed by atoms with Crippen LogP contribution in [0.2, 0.25) is 0 Å². The number of nitrogens with one attached hydrogen (secondary N) is 4. The van der Waals surface area contributed by atoms with E-state index in [-0.39, 0.29) is 45.5 Å². The third kappa shape index (κ3) is 25.9. The first-order valence-corrected chi connectivity index (χ1v) is 21.8. The summed E-state index contributed by atoms with van der Waals surface area (Å²) >= 11 is 0. The summed E-state index contributed by atoms with van der Waals surface area (Å²) in [4.78, 5) is 91.8. The number of aromatic nitrogens is 3. The van der Waals surface area contributed by atoms with Gasteiger partial charge in [-0.05, 0) is 104 Å². The number of amides is 4. The van der Waals surface area contributed by atoms with E-state index in [9.17, 15) is 38.1 Å². The van der Waals surface area contributed by atoms with Crippen molar-refractivity contribution in [3.8, 4) is 0 Å². The molecule has 0 saturated heterocycles. The smallest absolute Gasteiger partial charge is 0.412 e. The highest BCUT2D eigenvalue weighted by molar-refractivity contribution is 7.55. The molecule has 0 saturated carbocycles. The lowest BCUT2D eigenvalue weighted by Crippen LogP contribution is -2.49. The summed E-state index contributed by atoms with van der Waals surface area (Å²) < 4.78 is 45.7. The van der Waals surface area contributed by atoms with E-state index in [2.05, 4.69) is 54.7 Å². The molecule has 2 unspecified atom stereocenters. The number of anilines is 3. The Balaban J connectivity index is -0.000000881. The predicted octanol–water partition coefficient (Wildman–Crippen LogP) is 7.05. The molecule has 24 nitrogen and oxygen atoms in total. The second-order valence-corrected chi connectivity index (χ2v) is 19.0. The van der Waals surface area contributed by atoms with Crippen molar-refractivity contribution in [2.75, 3.05) is 45.2 Å². The first-order chi connectivity index (χ1) is 31.5. The van der Waals surface area contributed by atoms with E-state index < -0.39 is 66.4 Å². The van der Waals surface area contributed by atoms with Crippen LogP contribution in [-0.2, 0) is 58.1 Å². The number of ether oxygens (including phenoxy) is 5. The maximum atomic E-state index is 12.1. The Kier molecular flexibility index (Phi) is 29.9.